The predicted octanol–water partition coefficient (Wildman–Crippen LogP) is 6.14. The third kappa shape index (κ3) is 2.66. The topological polar surface area (TPSA) is 16.1 Å². The Morgan fingerprint density at radius 3 is 2.50 bits per heavy atom. The van der Waals surface area contributed by atoms with E-state index in [9.17, 15) is 0 Å². The van der Waals surface area contributed by atoms with Gasteiger partial charge in [0.25, 0.3) is 0 Å². The zero-order valence-electron chi connectivity index (χ0n) is 18.5. The maximum Gasteiger partial charge on any atom is 0.0302 e. The molecule has 1 heterocycles. The van der Waals surface area contributed by atoms with Gasteiger partial charge < -0.3 is 4.90 Å². The Bertz CT molecular complexity index is 700. The third-order valence-electron chi connectivity index (χ3n) is 10.6. The van der Waals surface area contributed by atoms with Crippen molar-refractivity contribution in [2.75, 3.05) is 14.1 Å². The second-order valence-corrected chi connectivity index (χ2v) is 11.5. The van der Waals surface area contributed by atoms with Crippen molar-refractivity contribution in [3.8, 4) is 0 Å². The van der Waals surface area contributed by atoms with Gasteiger partial charge in [0.2, 0.25) is 0 Å². The number of aromatic nitrogens is 1. The molecule has 8 unspecified atom stereocenters. The second-order valence-electron chi connectivity index (χ2n) is 11.5. The fraction of sp³-hybridized carbons (Fsp3) is 0.808. The molecule has 0 aliphatic heterocycles. The molecule has 5 rings (SSSR count). The Morgan fingerprint density at radius 1 is 0.929 bits per heavy atom. The minimum Gasteiger partial charge on any atom is -0.306 e. The summed E-state index contributed by atoms with van der Waals surface area (Å²) in [6.07, 6.45) is 17.2. The SMILES string of the molecule is CN(C)C1CCC2C(CCC3C2CCC2(C)C(c4cccnc4)CCC32C)C1. The van der Waals surface area contributed by atoms with Crippen LogP contribution in [0.4, 0.5) is 0 Å². The van der Waals surface area contributed by atoms with E-state index in [1.165, 1.54) is 63.4 Å². The Kier molecular flexibility index (Phi) is 4.66. The minimum atomic E-state index is 0.463. The normalized spacial score (nSPS) is 48.0. The van der Waals surface area contributed by atoms with Gasteiger partial charge in [-0.2, -0.15) is 0 Å². The van der Waals surface area contributed by atoms with Crippen LogP contribution in [0, 0.1) is 34.5 Å². The van der Waals surface area contributed by atoms with Crippen LogP contribution in [0.15, 0.2) is 24.5 Å². The lowest BCUT2D eigenvalue weighted by molar-refractivity contribution is -0.115. The van der Waals surface area contributed by atoms with Gasteiger partial charge in [0.1, 0.15) is 0 Å². The van der Waals surface area contributed by atoms with E-state index in [4.69, 9.17) is 0 Å². The first kappa shape index (κ1) is 19.1. The Hall–Kier alpha value is -0.890. The van der Waals surface area contributed by atoms with E-state index in [1.54, 1.807) is 0 Å². The van der Waals surface area contributed by atoms with Gasteiger partial charge in [-0.1, -0.05) is 19.9 Å². The number of fused-ring (bicyclic) bond motifs is 5. The first-order chi connectivity index (χ1) is 13.4. The van der Waals surface area contributed by atoms with Crippen molar-refractivity contribution >= 4 is 0 Å². The Labute approximate surface area is 172 Å². The molecule has 1 aromatic heterocycles. The maximum atomic E-state index is 4.47. The van der Waals surface area contributed by atoms with E-state index < -0.39 is 0 Å². The van der Waals surface area contributed by atoms with Gasteiger partial charge in [-0.25, -0.2) is 0 Å². The summed E-state index contributed by atoms with van der Waals surface area (Å²) in [5.74, 6) is 4.71. The van der Waals surface area contributed by atoms with Crippen LogP contribution < -0.4 is 0 Å². The van der Waals surface area contributed by atoms with Crippen LogP contribution in [-0.2, 0) is 0 Å². The minimum absolute atomic E-state index is 0.463. The highest BCUT2D eigenvalue weighted by Gasteiger charge is 2.63. The van der Waals surface area contributed by atoms with Crippen molar-refractivity contribution in [2.24, 2.45) is 34.5 Å². The molecule has 0 aromatic carbocycles. The zero-order chi connectivity index (χ0) is 19.5. The van der Waals surface area contributed by atoms with Crippen LogP contribution in [0.2, 0.25) is 0 Å². The van der Waals surface area contributed by atoms with E-state index >= 15 is 0 Å². The van der Waals surface area contributed by atoms with E-state index in [-0.39, 0.29) is 0 Å². The van der Waals surface area contributed by atoms with Crippen molar-refractivity contribution in [2.45, 2.75) is 83.6 Å². The molecular formula is C26H40N2. The zero-order valence-corrected chi connectivity index (χ0v) is 18.5. The molecule has 0 amide bonds. The summed E-state index contributed by atoms with van der Waals surface area (Å²) in [6, 6.07) is 5.33. The number of rotatable bonds is 2. The molecule has 0 spiro atoms. The lowest BCUT2D eigenvalue weighted by Crippen LogP contribution is -2.54. The van der Waals surface area contributed by atoms with Crippen molar-refractivity contribution in [3.05, 3.63) is 30.1 Å². The van der Waals surface area contributed by atoms with Gasteiger partial charge in [0.15, 0.2) is 0 Å². The number of hydrogen-bond acceptors (Lipinski definition) is 2. The molecule has 4 aliphatic carbocycles. The molecule has 2 nitrogen and oxygen atoms in total. The Balaban J connectivity index is 1.40. The van der Waals surface area contributed by atoms with Crippen molar-refractivity contribution in [3.63, 3.8) is 0 Å². The first-order valence-electron chi connectivity index (χ1n) is 12.0. The largest absolute Gasteiger partial charge is 0.306 e. The van der Waals surface area contributed by atoms with Gasteiger partial charge in [-0.15, -0.1) is 0 Å². The summed E-state index contributed by atoms with van der Waals surface area (Å²) in [4.78, 5) is 6.97. The first-order valence-corrected chi connectivity index (χ1v) is 12.0. The third-order valence-corrected chi connectivity index (χ3v) is 10.6. The average molecular weight is 381 g/mol. The molecule has 4 aliphatic rings. The van der Waals surface area contributed by atoms with E-state index in [0.29, 0.717) is 16.7 Å². The molecule has 4 saturated carbocycles. The van der Waals surface area contributed by atoms with Crippen LogP contribution in [0.1, 0.15) is 83.1 Å². The van der Waals surface area contributed by atoms with Crippen molar-refractivity contribution in [1.29, 1.82) is 0 Å². The molecule has 1 aromatic rings. The number of nitrogens with zero attached hydrogens (tertiary/aromatic N) is 2. The molecule has 0 N–H and O–H groups in total. The predicted molar refractivity (Wildman–Crippen MR) is 116 cm³/mol. The van der Waals surface area contributed by atoms with Gasteiger partial charge in [0, 0.05) is 18.4 Å². The number of hydrogen-bond donors (Lipinski definition) is 0. The van der Waals surface area contributed by atoms with E-state index in [2.05, 4.69) is 56.2 Å². The molecule has 28 heavy (non-hydrogen) atoms. The smallest absolute Gasteiger partial charge is 0.0302 e. The summed E-state index contributed by atoms with van der Waals surface area (Å²) in [6.45, 7) is 5.36. The van der Waals surface area contributed by atoms with Gasteiger partial charge in [-0.05, 0) is 124 Å². The molecule has 0 saturated heterocycles. The van der Waals surface area contributed by atoms with Crippen molar-refractivity contribution < 1.29 is 0 Å². The molecular weight excluding hydrogens is 340 g/mol. The van der Waals surface area contributed by atoms with E-state index in [0.717, 1.165) is 29.7 Å². The van der Waals surface area contributed by atoms with Crippen molar-refractivity contribution in [1.82, 2.24) is 9.88 Å². The van der Waals surface area contributed by atoms with Crippen LogP contribution in [0.3, 0.4) is 0 Å². The standard InChI is InChI=1S/C26H40N2/c1-25-13-11-22-21-9-8-20(28(3)4)16-18(21)7-10-24(22)26(25,2)14-12-23(25)19-6-5-15-27-17-19/h5-6,15,17-18,20-24H,7-14,16H2,1-4H3. The number of pyridine rings is 1. The molecule has 2 heteroatoms. The highest BCUT2D eigenvalue weighted by molar-refractivity contribution is 5.25. The van der Waals surface area contributed by atoms with Crippen LogP contribution in [0.25, 0.3) is 0 Å². The lowest BCUT2D eigenvalue weighted by atomic mass is 9.44. The monoisotopic (exact) mass is 380 g/mol. The van der Waals surface area contributed by atoms with Crippen LogP contribution in [-0.4, -0.2) is 30.0 Å². The Morgan fingerprint density at radius 2 is 1.75 bits per heavy atom. The molecule has 154 valence electrons. The van der Waals surface area contributed by atoms with Gasteiger partial charge in [-0.3, -0.25) is 4.98 Å². The molecule has 0 radical (unpaired) electrons. The summed E-state index contributed by atoms with van der Waals surface area (Å²) < 4.78 is 0. The highest BCUT2D eigenvalue weighted by atomic mass is 15.1. The highest BCUT2D eigenvalue weighted by Crippen LogP contribution is 2.72. The fourth-order valence-electron chi connectivity index (χ4n) is 8.84. The van der Waals surface area contributed by atoms with Crippen LogP contribution >= 0.6 is 0 Å². The quantitative estimate of drug-likeness (QED) is 0.613. The summed E-state index contributed by atoms with van der Waals surface area (Å²) in [7, 11) is 4.58. The van der Waals surface area contributed by atoms with E-state index in [1.807, 2.05) is 6.20 Å². The van der Waals surface area contributed by atoms with Crippen LogP contribution in [0.5, 0.6) is 0 Å². The lowest BCUT2D eigenvalue weighted by Gasteiger charge is -2.61. The molecule has 8 atom stereocenters. The maximum absolute atomic E-state index is 4.47. The summed E-state index contributed by atoms with van der Waals surface area (Å²) in [5.41, 5.74) is 2.50. The molecule has 4 fully saturated rings. The summed E-state index contributed by atoms with van der Waals surface area (Å²) in [5, 5.41) is 0. The average Bonchev–Trinajstić information content (AvgIpc) is 2.99. The fourth-order valence-corrected chi connectivity index (χ4v) is 8.84. The molecule has 0 bridgehead atoms. The second kappa shape index (κ2) is 6.83. The van der Waals surface area contributed by atoms with Gasteiger partial charge >= 0.3 is 0 Å². The summed E-state index contributed by atoms with van der Waals surface area (Å²) >= 11 is 0. The van der Waals surface area contributed by atoms with Gasteiger partial charge in [0.05, 0.1) is 0 Å².